The fourth-order valence-corrected chi connectivity index (χ4v) is 2.89. The van der Waals surface area contributed by atoms with Crippen LogP contribution in [-0.2, 0) is 11.2 Å². The summed E-state index contributed by atoms with van der Waals surface area (Å²) in [4.78, 5) is 14.1. The van der Waals surface area contributed by atoms with Crippen LogP contribution in [0.25, 0.3) is 10.8 Å². The van der Waals surface area contributed by atoms with Crippen molar-refractivity contribution in [3.8, 4) is 0 Å². The molecule has 1 N–H and O–H groups in total. The van der Waals surface area contributed by atoms with Gasteiger partial charge in [-0.2, -0.15) is 0 Å². The highest BCUT2D eigenvalue weighted by atomic mass is 16.2. The van der Waals surface area contributed by atoms with E-state index in [1.165, 1.54) is 16.3 Å². The first-order valence-electron chi connectivity index (χ1n) is 8.23. The lowest BCUT2D eigenvalue weighted by Crippen LogP contribution is -2.36. The van der Waals surface area contributed by atoms with Gasteiger partial charge in [-0.15, -0.1) is 0 Å². The van der Waals surface area contributed by atoms with Gasteiger partial charge in [-0.1, -0.05) is 60.7 Å². The molecule has 0 aliphatic rings. The van der Waals surface area contributed by atoms with Gasteiger partial charge in [0.2, 0.25) is 5.91 Å². The number of carbonyl (C=O) groups is 1. The standard InChI is InChI=1S/C21H22N2O/c1-23(19-11-3-2-4-12-19)16-21(24)22-15-14-18-10-7-9-17-8-5-6-13-20(17)18/h2-13H,14-16H2,1H3,(H,22,24). The normalized spacial score (nSPS) is 10.5. The molecular formula is C21H22N2O. The molecule has 3 nitrogen and oxygen atoms in total. The summed E-state index contributed by atoms with van der Waals surface area (Å²) in [5.41, 5.74) is 2.31. The molecule has 0 fully saturated rings. The van der Waals surface area contributed by atoms with Crippen LogP contribution in [0.1, 0.15) is 5.56 Å². The van der Waals surface area contributed by atoms with Crippen molar-refractivity contribution in [2.45, 2.75) is 6.42 Å². The number of nitrogens with zero attached hydrogens (tertiary/aromatic N) is 1. The topological polar surface area (TPSA) is 32.3 Å². The lowest BCUT2D eigenvalue weighted by molar-refractivity contribution is -0.119. The summed E-state index contributed by atoms with van der Waals surface area (Å²) in [5, 5.41) is 5.52. The summed E-state index contributed by atoms with van der Waals surface area (Å²) in [6.07, 6.45) is 0.835. The van der Waals surface area contributed by atoms with E-state index in [0.29, 0.717) is 13.1 Å². The quantitative estimate of drug-likeness (QED) is 0.752. The Labute approximate surface area is 142 Å². The average molecular weight is 318 g/mol. The van der Waals surface area contributed by atoms with Crippen molar-refractivity contribution in [3.05, 3.63) is 78.4 Å². The van der Waals surface area contributed by atoms with Gasteiger partial charge in [0.1, 0.15) is 0 Å². The molecule has 0 radical (unpaired) electrons. The molecule has 24 heavy (non-hydrogen) atoms. The number of para-hydroxylation sites is 1. The van der Waals surface area contributed by atoms with E-state index in [1.807, 2.05) is 48.3 Å². The molecule has 3 aromatic carbocycles. The third-order valence-electron chi connectivity index (χ3n) is 4.17. The van der Waals surface area contributed by atoms with Crippen molar-refractivity contribution in [2.24, 2.45) is 0 Å². The monoisotopic (exact) mass is 318 g/mol. The number of hydrogen-bond acceptors (Lipinski definition) is 2. The third kappa shape index (κ3) is 3.93. The minimum atomic E-state index is 0.0431. The minimum Gasteiger partial charge on any atom is -0.365 e. The zero-order valence-electron chi connectivity index (χ0n) is 13.9. The van der Waals surface area contributed by atoms with Gasteiger partial charge in [0.15, 0.2) is 0 Å². The molecule has 0 spiro atoms. The molecule has 0 aliphatic heterocycles. The lowest BCUT2D eigenvalue weighted by atomic mass is 10.0. The summed E-state index contributed by atoms with van der Waals surface area (Å²) in [5.74, 6) is 0.0431. The summed E-state index contributed by atoms with van der Waals surface area (Å²) in [6, 6.07) is 24.6. The molecule has 0 bridgehead atoms. The van der Waals surface area contributed by atoms with Crippen LogP contribution in [-0.4, -0.2) is 26.0 Å². The molecule has 0 atom stereocenters. The molecule has 0 unspecified atom stereocenters. The lowest BCUT2D eigenvalue weighted by Gasteiger charge is -2.18. The zero-order chi connectivity index (χ0) is 16.8. The predicted octanol–water partition coefficient (Wildman–Crippen LogP) is 3.63. The van der Waals surface area contributed by atoms with Crippen LogP contribution in [0, 0.1) is 0 Å². The number of fused-ring (bicyclic) bond motifs is 1. The fraction of sp³-hybridized carbons (Fsp3) is 0.190. The summed E-state index contributed by atoms with van der Waals surface area (Å²) in [7, 11) is 1.93. The zero-order valence-corrected chi connectivity index (χ0v) is 13.9. The molecule has 3 heteroatoms. The SMILES string of the molecule is CN(CC(=O)NCCc1cccc2ccccc12)c1ccccc1. The Morgan fingerprint density at radius 3 is 2.46 bits per heavy atom. The van der Waals surface area contributed by atoms with E-state index >= 15 is 0 Å². The highest BCUT2D eigenvalue weighted by Crippen LogP contribution is 2.18. The van der Waals surface area contributed by atoms with E-state index in [1.54, 1.807) is 0 Å². The van der Waals surface area contributed by atoms with Crippen molar-refractivity contribution in [1.29, 1.82) is 0 Å². The summed E-state index contributed by atoms with van der Waals surface area (Å²) in [6.45, 7) is 1.01. The predicted molar refractivity (Wildman–Crippen MR) is 100 cm³/mol. The van der Waals surface area contributed by atoms with Crippen molar-refractivity contribution >= 4 is 22.4 Å². The Morgan fingerprint density at radius 1 is 0.917 bits per heavy atom. The smallest absolute Gasteiger partial charge is 0.239 e. The third-order valence-corrected chi connectivity index (χ3v) is 4.17. The maximum absolute atomic E-state index is 12.1. The van der Waals surface area contributed by atoms with Crippen LogP contribution in [0.3, 0.4) is 0 Å². The first-order valence-corrected chi connectivity index (χ1v) is 8.23. The molecule has 122 valence electrons. The van der Waals surface area contributed by atoms with Crippen LogP contribution >= 0.6 is 0 Å². The van der Waals surface area contributed by atoms with Crippen LogP contribution in [0.4, 0.5) is 5.69 Å². The first kappa shape index (κ1) is 16.1. The maximum atomic E-state index is 12.1. The van der Waals surface area contributed by atoms with Crippen molar-refractivity contribution in [1.82, 2.24) is 5.32 Å². The Balaban J connectivity index is 1.53. The Bertz CT molecular complexity index is 809. The molecule has 3 aromatic rings. The van der Waals surface area contributed by atoms with Crippen LogP contribution in [0.2, 0.25) is 0 Å². The molecule has 0 heterocycles. The number of carbonyl (C=O) groups excluding carboxylic acids is 1. The van der Waals surface area contributed by atoms with Crippen LogP contribution in [0.15, 0.2) is 72.8 Å². The number of likely N-dealkylation sites (N-methyl/N-ethyl adjacent to an activating group) is 1. The van der Waals surface area contributed by atoms with Crippen LogP contribution < -0.4 is 10.2 Å². The summed E-state index contributed by atoms with van der Waals surface area (Å²) < 4.78 is 0. The second-order valence-corrected chi connectivity index (χ2v) is 5.93. The molecule has 0 aromatic heterocycles. The van der Waals surface area contributed by atoms with E-state index in [0.717, 1.165) is 12.1 Å². The maximum Gasteiger partial charge on any atom is 0.239 e. The Kier molecular flexibility index (Phi) is 5.12. The van der Waals surface area contributed by atoms with Crippen molar-refractivity contribution < 1.29 is 4.79 Å². The van der Waals surface area contributed by atoms with Gasteiger partial charge >= 0.3 is 0 Å². The number of hydrogen-bond donors (Lipinski definition) is 1. The molecule has 0 aliphatic carbocycles. The Hall–Kier alpha value is -2.81. The number of rotatable bonds is 6. The van der Waals surface area contributed by atoms with Crippen molar-refractivity contribution in [3.63, 3.8) is 0 Å². The number of nitrogens with one attached hydrogen (secondary N) is 1. The summed E-state index contributed by atoms with van der Waals surface area (Å²) >= 11 is 0. The van der Waals surface area contributed by atoms with Gasteiger partial charge in [-0.25, -0.2) is 0 Å². The van der Waals surface area contributed by atoms with E-state index in [9.17, 15) is 4.79 Å². The van der Waals surface area contributed by atoms with Gasteiger partial charge in [-0.05, 0) is 34.9 Å². The first-order chi connectivity index (χ1) is 11.7. The van der Waals surface area contributed by atoms with E-state index < -0.39 is 0 Å². The fourth-order valence-electron chi connectivity index (χ4n) is 2.89. The second-order valence-electron chi connectivity index (χ2n) is 5.93. The van der Waals surface area contributed by atoms with Crippen LogP contribution in [0.5, 0.6) is 0 Å². The van der Waals surface area contributed by atoms with Gasteiger partial charge in [0, 0.05) is 19.3 Å². The van der Waals surface area contributed by atoms with Gasteiger partial charge in [-0.3, -0.25) is 4.79 Å². The van der Waals surface area contributed by atoms with Gasteiger partial charge in [0.05, 0.1) is 6.54 Å². The highest BCUT2D eigenvalue weighted by molar-refractivity contribution is 5.86. The number of benzene rings is 3. The number of anilines is 1. The van der Waals surface area contributed by atoms with E-state index in [-0.39, 0.29) is 5.91 Å². The van der Waals surface area contributed by atoms with Gasteiger partial charge < -0.3 is 10.2 Å². The average Bonchev–Trinajstić information content (AvgIpc) is 2.62. The Morgan fingerprint density at radius 2 is 1.62 bits per heavy atom. The highest BCUT2D eigenvalue weighted by Gasteiger charge is 2.07. The van der Waals surface area contributed by atoms with Gasteiger partial charge in [0.25, 0.3) is 0 Å². The second kappa shape index (κ2) is 7.64. The molecule has 0 saturated heterocycles. The molecule has 3 rings (SSSR count). The van der Waals surface area contributed by atoms with E-state index in [2.05, 4.69) is 41.7 Å². The van der Waals surface area contributed by atoms with Crippen molar-refractivity contribution in [2.75, 3.05) is 25.0 Å². The molecular weight excluding hydrogens is 296 g/mol. The number of amides is 1. The molecule has 1 amide bonds. The minimum absolute atomic E-state index is 0.0431. The molecule has 0 saturated carbocycles. The largest absolute Gasteiger partial charge is 0.365 e. The van der Waals surface area contributed by atoms with E-state index in [4.69, 9.17) is 0 Å².